The third-order valence-electron chi connectivity index (χ3n) is 4.41. The molecule has 0 spiro atoms. The predicted molar refractivity (Wildman–Crippen MR) is 86.3 cm³/mol. The van der Waals surface area contributed by atoms with Crippen LogP contribution in [0.3, 0.4) is 0 Å². The van der Waals surface area contributed by atoms with Crippen molar-refractivity contribution in [2.75, 3.05) is 0 Å². The minimum Gasteiger partial charge on any atom is -0.489 e. The summed E-state index contributed by atoms with van der Waals surface area (Å²) in [5.74, 6) is 2.15. The molecule has 0 bridgehead atoms. The first-order valence-corrected chi connectivity index (χ1v) is 8.24. The SMILES string of the molecule is CCCCC(CC)c1ccncc1OC(C)C(C)CC. The van der Waals surface area contributed by atoms with Crippen LogP contribution in [-0.4, -0.2) is 11.1 Å². The van der Waals surface area contributed by atoms with Crippen LogP contribution in [0.5, 0.6) is 5.75 Å². The molecular weight excluding hydrogens is 246 g/mol. The molecule has 0 amide bonds. The van der Waals surface area contributed by atoms with Crippen molar-refractivity contribution < 1.29 is 4.74 Å². The summed E-state index contributed by atoms with van der Waals surface area (Å²) in [5, 5.41) is 0. The monoisotopic (exact) mass is 277 g/mol. The quantitative estimate of drug-likeness (QED) is 0.588. The maximum absolute atomic E-state index is 6.20. The molecule has 3 atom stereocenters. The summed E-state index contributed by atoms with van der Waals surface area (Å²) in [6.45, 7) is 11.1. The lowest BCUT2D eigenvalue weighted by molar-refractivity contribution is 0.155. The highest BCUT2D eigenvalue weighted by molar-refractivity contribution is 5.33. The highest BCUT2D eigenvalue weighted by Gasteiger charge is 2.18. The fourth-order valence-electron chi connectivity index (χ4n) is 2.50. The number of hydrogen-bond acceptors (Lipinski definition) is 2. The Morgan fingerprint density at radius 3 is 2.50 bits per heavy atom. The first kappa shape index (κ1) is 17.0. The molecule has 0 N–H and O–H groups in total. The van der Waals surface area contributed by atoms with Gasteiger partial charge in [-0.1, -0.05) is 47.0 Å². The number of unbranched alkanes of at least 4 members (excludes halogenated alkanes) is 1. The predicted octanol–water partition coefficient (Wildman–Crippen LogP) is 5.58. The van der Waals surface area contributed by atoms with E-state index >= 15 is 0 Å². The fourth-order valence-corrected chi connectivity index (χ4v) is 2.50. The lowest BCUT2D eigenvalue weighted by Gasteiger charge is -2.24. The van der Waals surface area contributed by atoms with Gasteiger partial charge in [-0.2, -0.15) is 0 Å². The smallest absolute Gasteiger partial charge is 0.141 e. The van der Waals surface area contributed by atoms with Crippen LogP contribution in [0.25, 0.3) is 0 Å². The Hall–Kier alpha value is -1.05. The minimum absolute atomic E-state index is 0.242. The minimum atomic E-state index is 0.242. The van der Waals surface area contributed by atoms with E-state index in [1.54, 1.807) is 0 Å². The third kappa shape index (κ3) is 4.81. The Labute approximate surface area is 125 Å². The zero-order valence-corrected chi connectivity index (χ0v) is 13.9. The molecule has 1 aromatic heterocycles. The van der Waals surface area contributed by atoms with Crippen molar-refractivity contribution in [2.45, 2.75) is 78.7 Å². The molecule has 20 heavy (non-hydrogen) atoms. The molecule has 0 aromatic carbocycles. The molecule has 114 valence electrons. The highest BCUT2D eigenvalue weighted by Crippen LogP contribution is 2.33. The zero-order valence-electron chi connectivity index (χ0n) is 13.9. The summed E-state index contributed by atoms with van der Waals surface area (Å²) >= 11 is 0. The Balaban J connectivity index is 2.85. The lowest BCUT2D eigenvalue weighted by atomic mass is 9.91. The molecule has 0 saturated heterocycles. The third-order valence-corrected chi connectivity index (χ3v) is 4.41. The van der Waals surface area contributed by atoms with Crippen molar-refractivity contribution in [1.29, 1.82) is 0 Å². The van der Waals surface area contributed by atoms with Gasteiger partial charge in [0.25, 0.3) is 0 Å². The van der Waals surface area contributed by atoms with Crippen molar-refractivity contribution in [2.24, 2.45) is 5.92 Å². The van der Waals surface area contributed by atoms with Crippen LogP contribution in [0, 0.1) is 5.92 Å². The van der Waals surface area contributed by atoms with E-state index in [-0.39, 0.29) is 6.10 Å². The van der Waals surface area contributed by atoms with E-state index in [9.17, 15) is 0 Å². The van der Waals surface area contributed by atoms with E-state index in [2.05, 4.69) is 45.7 Å². The molecule has 1 aromatic rings. The lowest BCUT2D eigenvalue weighted by Crippen LogP contribution is -2.21. The molecule has 0 radical (unpaired) electrons. The number of ether oxygens (including phenoxy) is 1. The van der Waals surface area contributed by atoms with Gasteiger partial charge >= 0.3 is 0 Å². The van der Waals surface area contributed by atoms with Gasteiger partial charge in [-0.05, 0) is 37.7 Å². The van der Waals surface area contributed by atoms with Gasteiger partial charge in [0.05, 0.1) is 12.3 Å². The molecule has 0 saturated carbocycles. The first-order chi connectivity index (χ1) is 9.63. The molecule has 1 heterocycles. The largest absolute Gasteiger partial charge is 0.489 e. The number of hydrogen-bond donors (Lipinski definition) is 0. The Bertz CT molecular complexity index is 377. The summed E-state index contributed by atoms with van der Waals surface area (Å²) in [4.78, 5) is 4.26. The van der Waals surface area contributed by atoms with Gasteiger partial charge in [0.2, 0.25) is 0 Å². The van der Waals surface area contributed by atoms with Crippen molar-refractivity contribution in [1.82, 2.24) is 4.98 Å². The summed E-state index contributed by atoms with van der Waals surface area (Å²) in [6, 6.07) is 2.14. The summed E-state index contributed by atoms with van der Waals surface area (Å²) in [7, 11) is 0. The van der Waals surface area contributed by atoms with E-state index in [0.717, 1.165) is 18.6 Å². The summed E-state index contributed by atoms with van der Waals surface area (Å²) < 4.78 is 6.20. The van der Waals surface area contributed by atoms with Crippen molar-refractivity contribution in [3.8, 4) is 5.75 Å². The standard InChI is InChI=1S/C18H31NO/c1-6-9-10-16(8-3)17-11-12-19-13-18(17)20-15(5)14(4)7-2/h11-16H,6-10H2,1-5H3. The maximum atomic E-state index is 6.20. The zero-order chi connectivity index (χ0) is 15.0. The van der Waals surface area contributed by atoms with Crippen molar-refractivity contribution >= 4 is 0 Å². The topological polar surface area (TPSA) is 22.1 Å². The first-order valence-electron chi connectivity index (χ1n) is 8.24. The summed E-state index contributed by atoms with van der Waals surface area (Å²) in [6.07, 6.45) is 10.1. The van der Waals surface area contributed by atoms with Crippen LogP contribution < -0.4 is 4.74 Å². The van der Waals surface area contributed by atoms with Gasteiger partial charge in [0.1, 0.15) is 5.75 Å². The van der Waals surface area contributed by atoms with Gasteiger partial charge < -0.3 is 4.74 Å². The molecule has 0 aliphatic carbocycles. The second-order valence-corrected chi connectivity index (χ2v) is 5.87. The van der Waals surface area contributed by atoms with Gasteiger partial charge in [-0.3, -0.25) is 4.98 Å². The van der Waals surface area contributed by atoms with E-state index in [4.69, 9.17) is 4.74 Å². The number of rotatable bonds is 9. The van der Waals surface area contributed by atoms with Crippen molar-refractivity contribution in [3.63, 3.8) is 0 Å². The van der Waals surface area contributed by atoms with Crippen LogP contribution >= 0.6 is 0 Å². The van der Waals surface area contributed by atoms with Gasteiger partial charge in [0, 0.05) is 11.8 Å². The van der Waals surface area contributed by atoms with Crippen molar-refractivity contribution in [3.05, 3.63) is 24.0 Å². The molecule has 3 unspecified atom stereocenters. The normalized spacial score (nSPS) is 15.7. The van der Waals surface area contributed by atoms with Gasteiger partial charge in [-0.15, -0.1) is 0 Å². The van der Waals surface area contributed by atoms with Crippen LogP contribution in [0.15, 0.2) is 18.5 Å². The number of nitrogens with zero attached hydrogens (tertiary/aromatic N) is 1. The molecule has 0 aliphatic rings. The summed E-state index contributed by atoms with van der Waals surface area (Å²) in [5.41, 5.74) is 1.34. The van der Waals surface area contributed by atoms with E-state index in [0.29, 0.717) is 11.8 Å². The van der Waals surface area contributed by atoms with Crippen LogP contribution in [0.2, 0.25) is 0 Å². The molecule has 2 heteroatoms. The average molecular weight is 277 g/mol. The van der Waals surface area contributed by atoms with E-state index in [1.165, 1.54) is 24.8 Å². The Kier molecular flexibility index (Phi) is 7.64. The van der Waals surface area contributed by atoms with E-state index in [1.807, 2.05) is 12.4 Å². The fraction of sp³-hybridized carbons (Fsp3) is 0.722. The van der Waals surface area contributed by atoms with Crippen LogP contribution in [0.4, 0.5) is 0 Å². The Morgan fingerprint density at radius 1 is 1.15 bits per heavy atom. The maximum Gasteiger partial charge on any atom is 0.141 e. The van der Waals surface area contributed by atoms with Gasteiger partial charge in [0.15, 0.2) is 0 Å². The molecular formula is C18H31NO. The second-order valence-electron chi connectivity index (χ2n) is 5.87. The average Bonchev–Trinajstić information content (AvgIpc) is 2.48. The Morgan fingerprint density at radius 2 is 1.90 bits per heavy atom. The van der Waals surface area contributed by atoms with Crippen LogP contribution in [-0.2, 0) is 0 Å². The molecule has 0 fully saturated rings. The van der Waals surface area contributed by atoms with Crippen LogP contribution in [0.1, 0.15) is 78.2 Å². The van der Waals surface area contributed by atoms with E-state index < -0.39 is 0 Å². The highest BCUT2D eigenvalue weighted by atomic mass is 16.5. The van der Waals surface area contributed by atoms with Gasteiger partial charge in [-0.25, -0.2) is 0 Å². The molecule has 2 nitrogen and oxygen atoms in total. The number of aromatic nitrogens is 1. The molecule has 0 aliphatic heterocycles. The number of pyridine rings is 1. The molecule has 1 rings (SSSR count). The second kappa shape index (κ2) is 8.99.